The largest absolute Gasteiger partial charge is 0.487 e. The highest BCUT2D eigenvalue weighted by molar-refractivity contribution is 6.01. The molecule has 1 aliphatic heterocycles. The molecule has 0 unspecified atom stereocenters. The molecule has 146 valence electrons. The molecule has 1 heterocycles. The number of primary amides is 1. The van der Waals surface area contributed by atoms with Gasteiger partial charge in [0.05, 0.1) is 11.7 Å². The zero-order valence-corrected chi connectivity index (χ0v) is 15.6. The first-order valence-electron chi connectivity index (χ1n) is 9.67. The lowest BCUT2D eigenvalue weighted by molar-refractivity contribution is 0.00636. The predicted octanol–water partition coefficient (Wildman–Crippen LogP) is 2.62. The molecule has 1 fully saturated rings. The lowest BCUT2D eigenvalue weighted by Gasteiger charge is -2.28. The van der Waals surface area contributed by atoms with Crippen molar-refractivity contribution in [1.29, 1.82) is 0 Å². The van der Waals surface area contributed by atoms with Crippen molar-refractivity contribution in [2.75, 3.05) is 0 Å². The number of carbonyl (C=O) groups is 2. The highest BCUT2D eigenvalue weighted by Crippen LogP contribution is 2.34. The standard InChI is InChI=1S/C22H24N2O4/c23-21(26)15-10-8-14(9-11-15)12-24-13-16-4-3-7-19(20(16)22(24)27)28-18-6-2-1-5-17(18)25/h3-4,7-11,17-18,25H,1-2,5-6,12-13H2,(H2,23,26)/t17-,18-/m0/s1. The van der Waals surface area contributed by atoms with E-state index in [1.807, 2.05) is 30.3 Å². The molecule has 2 aliphatic rings. The van der Waals surface area contributed by atoms with Crippen molar-refractivity contribution in [3.05, 3.63) is 64.7 Å². The fraction of sp³-hybridized carbons (Fsp3) is 0.364. The Kier molecular flexibility index (Phi) is 5.05. The van der Waals surface area contributed by atoms with Crippen LogP contribution in [-0.2, 0) is 13.1 Å². The first kappa shape index (κ1) is 18.5. The van der Waals surface area contributed by atoms with E-state index in [1.54, 1.807) is 17.0 Å². The third kappa shape index (κ3) is 3.60. The van der Waals surface area contributed by atoms with Crippen LogP contribution in [0.25, 0.3) is 0 Å². The molecular formula is C22H24N2O4. The lowest BCUT2D eigenvalue weighted by Crippen LogP contribution is -2.35. The fourth-order valence-electron chi connectivity index (χ4n) is 3.99. The summed E-state index contributed by atoms with van der Waals surface area (Å²) in [5.74, 6) is 0.0119. The van der Waals surface area contributed by atoms with Crippen molar-refractivity contribution >= 4 is 11.8 Å². The molecule has 1 aliphatic carbocycles. The maximum atomic E-state index is 13.0. The van der Waals surface area contributed by atoms with Crippen molar-refractivity contribution in [3.63, 3.8) is 0 Å². The van der Waals surface area contributed by atoms with Crippen molar-refractivity contribution in [2.24, 2.45) is 5.73 Å². The number of hydrogen-bond donors (Lipinski definition) is 2. The minimum absolute atomic E-state index is 0.0742. The molecule has 2 aromatic rings. The number of aliphatic hydroxyl groups excluding tert-OH is 1. The Hall–Kier alpha value is -2.86. The van der Waals surface area contributed by atoms with Crippen LogP contribution in [0.4, 0.5) is 0 Å². The van der Waals surface area contributed by atoms with Gasteiger partial charge in [0, 0.05) is 18.7 Å². The molecule has 0 aromatic heterocycles. The van der Waals surface area contributed by atoms with Crippen LogP contribution in [0.5, 0.6) is 5.75 Å². The summed E-state index contributed by atoms with van der Waals surface area (Å²) in [5.41, 5.74) is 8.17. The van der Waals surface area contributed by atoms with Gasteiger partial charge in [0.25, 0.3) is 5.91 Å². The van der Waals surface area contributed by atoms with Gasteiger partial charge in [0.1, 0.15) is 11.9 Å². The maximum absolute atomic E-state index is 13.0. The molecule has 1 saturated carbocycles. The molecule has 3 N–H and O–H groups in total. The van der Waals surface area contributed by atoms with Crippen LogP contribution in [0.1, 0.15) is 57.5 Å². The van der Waals surface area contributed by atoms with Crippen LogP contribution in [0, 0.1) is 0 Å². The summed E-state index contributed by atoms with van der Waals surface area (Å²) in [6.45, 7) is 0.953. The van der Waals surface area contributed by atoms with E-state index in [0.717, 1.165) is 36.8 Å². The molecule has 0 bridgehead atoms. The van der Waals surface area contributed by atoms with Gasteiger partial charge in [-0.3, -0.25) is 9.59 Å². The van der Waals surface area contributed by atoms with Gasteiger partial charge in [-0.15, -0.1) is 0 Å². The van der Waals surface area contributed by atoms with E-state index >= 15 is 0 Å². The maximum Gasteiger partial charge on any atom is 0.258 e. The number of carbonyl (C=O) groups excluding carboxylic acids is 2. The molecule has 0 saturated heterocycles. The molecule has 2 aromatic carbocycles. The van der Waals surface area contributed by atoms with Crippen LogP contribution in [0.3, 0.4) is 0 Å². The zero-order valence-electron chi connectivity index (χ0n) is 15.6. The van der Waals surface area contributed by atoms with Crippen molar-refractivity contribution in [2.45, 2.75) is 51.0 Å². The first-order valence-corrected chi connectivity index (χ1v) is 9.67. The highest BCUT2D eigenvalue weighted by Gasteiger charge is 2.33. The molecule has 28 heavy (non-hydrogen) atoms. The second-order valence-corrected chi connectivity index (χ2v) is 7.52. The number of benzene rings is 2. The Balaban J connectivity index is 1.51. The molecular weight excluding hydrogens is 356 g/mol. The minimum atomic E-state index is -0.485. The van der Waals surface area contributed by atoms with E-state index in [4.69, 9.17) is 10.5 Å². The first-order chi connectivity index (χ1) is 13.5. The van der Waals surface area contributed by atoms with E-state index in [-0.39, 0.29) is 12.0 Å². The Labute approximate surface area is 163 Å². The molecule has 0 spiro atoms. The molecule has 6 nitrogen and oxygen atoms in total. The number of nitrogens with zero attached hydrogens (tertiary/aromatic N) is 1. The summed E-state index contributed by atoms with van der Waals surface area (Å²) in [6, 6.07) is 12.6. The summed E-state index contributed by atoms with van der Waals surface area (Å²) in [7, 11) is 0. The molecule has 0 radical (unpaired) electrons. The van der Waals surface area contributed by atoms with Gasteiger partial charge in [0.2, 0.25) is 5.91 Å². The van der Waals surface area contributed by atoms with Crippen LogP contribution < -0.4 is 10.5 Å². The number of ether oxygens (including phenoxy) is 1. The Morgan fingerprint density at radius 3 is 2.61 bits per heavy atom. The Morgan fingerprint density at radius 2 is 1.89 bits per heavy atom. The van der Waals surface area contributed by atoms with E-state index in [2.05, 4.69) is 0 Å². The van der Waals surface area contributed by atoms with Gasteiger partial charge < -0.3 is 20.5 Å². The number of amides is 2. The van der Waals surface area contributed by atoms with Gasteiger partial charge in [0.15, 0.2) is 0 Å². The topological polar surface area (TPSA) is 92.9 Å². The fourth-order valence-corrected chi connectivity index (χ4v) is 3.99. The van der Waals surface area contributed by atoms with Crippen LogP contribution in [0.2, 0.25) is 0 Å². The van der Waals surface area contributed by atoms with Crippen molar-refractivity contribution < 1.29 is 19.4 Å². The van der Waals surface area contributed by atoms with Crippen LogP contribution >= 0.6 is 0 Å². The second-order valence-electron chi connectivity index (χ2n) is 7.52. The number of aliphatic hydroxyl groups is 1. The Bertz CT molecular complexity index is 894. The quantitative estimate of drug-likeness (QED) is 0.834. The van der Waals surface area contributed by atoms with Gasteiger partial charge in [-0.2, -0.15) is 0 Å². The Morgan fingerprint density at radius 1 is 1.14 bits per heavy atom. The van der Waals surface area contributed by atoms with E-state index in [1.165, 1.54) is 0 Å². The van der Waals surface area contributed by atoms with Gasteiger partial charge in [-0.05, 0) is 48.6 Å². The summed E-state index contributed by atoms with van der Waals surface area (Å²) < 4.78 is 6.07. The number of fused-ring (bicyclic) bond motifs is 1. The summed E-state index contributed by atoms with van der Waals surface area (Å²) >= 11 is 0. The predicted molar refractivity (Wildman–Crippen MR) is 104 cm³/mol. The second kappa shape index (κ2) is 7.64. The van der Waals surface area contributed by atoms with Gasteiger partial charge in [-0.1, -0.05) is 30.7 Å². The summed E-state index contributed by atoms with van der Waals surface area (Å²) in [4.78, 5) is 26.0. The average molecular weight is 380 g/mol. The van der Waals surface area contributed by atoms with Gasteiger partial charge in [-0.25, -0.2) is 0 Å². The molecule has 6 heteroatoms. The monoisotopic (exact) mass is 380 g/mol. The number of hydrogen-bond acceptors (Lipinski definition) is 4. The SMILES string of the molecule is NC(=O)c1ccc(CN2Cc3cccc(O[C@H]4CCCC[C@@H]4O)c3C2=O)cc1. The smallest absolute Gasteiger partial charge is 0.258 e. The van der Waals surface area contributed by atoms with E-state index < -0.39 is 12.0 Å². The normalized spacial score (nSPS) is 21.5. The van der Waals surface area contributed by atoms with E-state index in [0.29, 0.717) is 30.0 Å². The minimum Gasteiger partial charge on any atom is -0.487 e. The zero-order chi connectivity index (χ0) is 19.7. The highest BCUT2D eigenvalue weighted by atomic mass is 16.5. The average Bonchev–Trinajstić information content (AvgIpc) is 3.00. The van der Waals surface area contributed by atoms with Crippen LogP contribution in [-0.4, -0.2) is 34.0 Å². The van der Waals surface area contributed by atoms with E-state index in [9.17, 15) is 14.7 Å². The molecule has 4 rings (SSSR count). The number of nitrogens with two attached hydrogens (primary N) is 1. The lowest BCUT2D eigenvalue weighted by atomic mass is 9.94. The van der Waals surface area contributed by atoms with Crippen molar-refractivity contribution in [3.8, 4) is 5.75 Å². The summed E-state index contributed by atoms with van der Waals surface area (Å²) in [6.07, 6.45) is 2.83. The van der Waals surface area contributed by atoms with Crippen molar-refractivity contribution in [1.82, 2.24) is 4.90 Å². The number of rotatable bonds is 5. The van der Waals surface area contributed by atoms with Crippen LogP contribution in [0.15, 0.2) is 42.5 Å². The summed E-state index contributed by atoms with van der Waals surface area (Å²) in [5, 5.41) is 10.2. The third-order valence-corrected chi connectivity index (χ3v) is 5.53. The van der Waals surface area contributed by atoms with Gasteiger partial charge >= 0.3 is 0 Å². The molecule has 2 amide bonds. The molecule has 2 atom stereocenters. The third-order valence-electron chi connectivity index (χ3n) is 5.53.